The first-order chi connectivity index (χ1) is 3.79. The van der Waals surface area contributed by atoms with Crippen LogP contribution in [0.3, 0.4) is 0 Å². The number of piperazine rings is 1. The molecule has 1 heterocycles. The first-order valence-electron chi connectivity index (χ1n) is 3.16. The highest BCUT2D eigenvalue weighted by molar-refractivity contribution is 6.06. The molecule has 0 saturated carbocycles. The Labute approximate surface area is 52.7 Å². The minimum Gasteiger partial charge on any atom is -0.347 e. The van der Waals surface area contributed by atoms with E-state index in [4.69, 9.17) is 0 Å². The smallest absolute Gasteiger partial charge is 0.185 e. The monoisotopic (exact) mass is 110 g/mol. The van der Waals surface area contributed by atoms with E-state index >= 15 is 0 Å². The van der Waals surface area contributed by atoms with E-state index < -0.39 is 0 Å². The fourth-order valence-corrected chi connectivity index (χ4v) is 0.906. The van der Waals surface area contributed by atoms with Crippen LogP contribution in [0.25, 0.3) is 0 Å². The number of rotatable bonds is 0. The molecule has 0 aromatic carbocycles. The molecule has 0 bridgehead atoms. The Bertz CT molecular complexity index is 60.4. The maximum absolute atomic E-state index is 2.36. The Hall–Kier alpha value is 0.0499. The maximum atomic E-state index is 2.36. The molecule has 1 aliphatic heterocycles. The molecule has 44 valence electrons. The highest BCUT2D eigenvalue weighted by Gasteiger charge is 2.07. The van der Waals surface area contributed by atoms with Gasteiger partial charge < -0.3 is 9.62 Å². The van der Waals surface area contributed by atoms with Gasteiger partial charge in [0.15, 0.2) is 16.0 Å². The molecule has 0 aliphatic carbocycles. The van der Waals surface area contributed by atoms with E-state index in [1.54, 1.807) is 0 Å². The summed E-state index contributed by atoms with van der Waals surface area (Å²) < 4.78 is 0. The lowest BCUT2D eigenvalue weighted by molar-refractivity contribution is 0.291. The van der Waals surface area contributed by atoms with Crippen molar-refractivity contribution >= 4 is 16.0 Å². The molecule has 0 aromatic heterocycles. The third-order valence-corrected chi connectivity index (χ3v) is 1.73. The van der Waals surface area contributed by atoms with Gasteiger partial charge in [-0.05, 0) is 26.2 Å². The van der Waals surface area contributed by atoms with Crippen molar-refractivity contribution in [3.05, 3.63) is 0 Å². The molecule has 0 radical (unpaired) electrons. The Kier molecular flexibility index (Phi) is 1.97. The molecule has 0 aromatic rings. The third kappa shape index (κ3) is 1.53. The van der Waals surface area contributed by atoms with Crippen molar-refractivity contribution in [2.75, 3.05) is 26.2 Å². The quantitative estimate of drug-likeness (QED) is 0.323. The predicted molar refractivity (Wildman–Crippen MR) is 40.2 cm³/mol. The van der Waals surface area contributed by atoms with Crippen LogP contribution in [-0.2, 0) is 0 Å². The van der Waals surface area contributed by atoms with E-state index in [0.717, 1.165) is 0 Å². The SMILES string of the molecule is BN1CCN(B)CC1. The molecule has 0 amide bonds. The summed E-state index contributed by atoms with van der Waals surface area (Å²) in [5.41, 5.74) is 0. The molecule has 0 spiro atoms. The zero-order chi connectivity index (χ0) is 5.98. The van der Waals surface area contributed by atoms with E-state index in [1.165, 1.54) is 26.2 Å². The van der Waals surface area contributed by atoms with E-state index in [9.17, 15) is 0 Å². The summed E-state index contributed by atoms with van der Waals surface area (Å²) in [5.74, 6) is 0. The van der Waals surface area contributed by atoms with E-state index in [1.807, 2.05) is 0 Å². The molecule has 1 fully saturated rings. The van der Waals surface area contributed by atoms with Gasteiger partial charge in [-0.15, -0.1) is 0 Å². The molecular formula is C4H12B2N2. The van der Waals surface area contributed by atoms with Gasteiger partial charge in [0.25, 0.3) is 0 Å². The molecule has 4 heteroatoms. The fraction of sp³-hybridized carbons (Fsp3) is 1.00. The largest absolute Gasteiger partial charge is 0.347 e. The molecule has 1 saturated heterocycles. The average Bonchev–Trinajstić information content (AvgIpc) is 1.77. The fourth-order valence-electron chi connectivity index (χ4n) is 0.906. The van der Waals surface area contributed by atoms with Crippen molar-refractivity contribution in [3.8, 4) is 0 Å². The topological polar surface area (TPSA) is 6.48 Å². The lowest BCUT2D eigenvalue weighted by atomic mass is 10.2. The van der Waals surface area contributed by atoms with E-state index in [2.05, 4.69) is 25.6 Å². The minimum absolute atomic E-state index is 1.23. The summed E-state index contributed by atoms with van der Waals surface area (Å²) in [4.78, 5) is 4.72. The van der Waals surface area contributed by atoms with Crippen LogP contribution in [0.4, 0.5) is 0 Å². The number of nitrogens with zero attached hydrogens (tertiary/aromatic N) is 2. The standard InChI is InChI=1S/C4H12B2N2/c5-7-1-2-8(6)4-3-7/h1-6H2. The van der Waals surface area contributed by atoms with Crippen molar-refractivity contribution in [1.29, 1.82) is 0 Å². The van der Waals surface area contributed by atoms with Crippen LogP contribution < -0.4 is 0 Å². The lowest BCUT2D eigenvalue weighted by Crippen LogP contribution is -2.43. The third-order valence-electron chi connectivity index (χ3n) is 1.73. The Balaban J connectivity index is 2.19. The second-order valence-electron chi connectivity index (χ2n) is 2.61. The van der Waals surface area contributed by atoms with Gasteiger partial charge in [-0.2, -0.15) is 0 Å². The Morgan fingerprint density at radius 3 is 1.25 bits per heavy atom. The lowest BCUT2D eigenvalue weighted by Gasteiger charge is -2.29. The van der Waals surface area contributed by atoms with Crippen LogP contribution in [0.5, 0.6) is 0 Å². The second-order valence-corrected chi connectivity index (χ2v) is 2.61. The van der Waals surface area contributed by atoms with Crippen LogP contribution >= 0.6 is 0 Å². The van der Waals surface area contributed by atoms with Crippen molar-refractivity contribution in [2.45, 2.75) is 0 Å². The minimum atomic E-state index is 1.23. The molecular weight excluding hydrogens is 97.7 g/mol. The van der Waals surface area contributed by atoms with Crippen LogP contribution in [0.1, 0.15) is 0 Å². The second kappa shape index (κ2) is 2.55. The first-order valence-corrected chi connectivity index (χ1v) is 3.16. The Morgan fingerprint density at radius 2 is 1.00 bits per heavy atom. The average molecular weight is 110 g/mol. The first kappa shape index (κ1) is 6.17. The van der Waals surface area contributed by atoms with E-state index in [-0.39, 0.29) is 0 Å². The van der Waals surface area contributed by atoms with Gasteiger partial charge in [0, 0.05) is 0 Å². The van der Waals surface area contributed by atoms with Crippen molar-refractivity contribution in [3.63, 3.8) is 0 Å². The normalized spacial score (nSPS) is 26.0. The highest BCUT2D eigenvalue weighted by Crippen LogP contribution is 1.92. The van der Waals surface area contributed by atoms with Gasteiger partial charge in [0.05, 0.1) is 0 Å². The summed E-state index contributed by atoms with van der Waals surface area (Å²) in [7, 11) is 4.35. The summed E-state index contributed by atoms with van der Waals surface area (Å²) in [5, 5.41) is 0. The van der Waals surface area contributed by atoms with Crippen LogP contribution in [0.15, 0.2) is 0 Å². The van der Waals surface area contributed by atoms with Gasteiger partial charge in [0.2, 0.25) is 0 Å². The van der Waals surface area contributed by atoms with Crippen molar-refractivity contribution in [1.82, 2.24) is 9.62 Å². The maximum Gasteiger partial charge on any atom is 0.185 e. The van der Waals surface area contributed by atoms with Gasteiger partial charge >= 0.3 is 0 Å². The Morgan fingerprint density at radius 1 is 0.750 bits per heavy atom. The summed E-state index contributed by atoms with van der Waals surface area (Å²) in [6, 6.07) is 0. The van der Waals surface area contributed by atoms with Gasteiger partial charge in [-0.25, -0.2) is 0 Å². The summed E-state index contributed by atoms with van der Waals surface area (Å²) in [6.45, 7) is 4.93. The molecule has 1 rings (SSSR count). The molecule has 0 N–H and O–H groups in total. The van der Waals surface area contributed by atoms with Crippen molar-refractivity contribution in [2.24, 2.45) is 0 Å². The van der Waals surface area contributed by atoms with Crippen LogP contribution in [0.2, 0.25) is 0 Å². The molecule has 0 unspecified atom stereocenters. The zero-order valence-electron chi connectivity index (χ0n) is 5.72. The van der Waals surface area contributed by atoms with Crippen LogP contribution in [-0.4, -0.2) is 51.8 Å². The summed E-state index contributed by atoms with van der Waals surface area (Å²) in [6.07, 6.45) is 0. The molecule has 0 atom stereocenters. The predicted octanol–water partition coefficient (Wildman–Crippen LogP) is -2.30. The van der Waals surface area contributed by atoms with Crippen molar-refractivity contribution < 1.29 is 0 Å². The van der Waals surface area contributed by atoms with Crippen LogP contribution in [0, 0.1) is 0 Å². The highest BCUT2D eigenvalue weighted by atomic mass is 15.2. The van der Waals surface area contributed by atoms with Gasteiger partial charge in [-0.1, -0.05) is 0 Å². The molecule has 1 aliphatic rings. The zero-order valence-corrected chi connectivity index (χ0v) is 5.72. The molecule has 2 nitrogen and oxygen atoms in total. The molecule has 8 heavy (non-hydrogen) atoms. The number of hydrogen-bond acceptors (Lipinski definition) is 2. The van der Waals surface area contributed by atoms with Gasteiger partial charge in [0.1, 0.15) is 0 Å². The number of hydrogen-bond donors (Lipinski definition) is 0. The summed E-state index contributed by atoms with van der Waals surface area (Å²) >= 11 is 0. The van der Waals surface area contributed by atoms with Gasteiger partial charge in [-0.3, -0.25) is 0 Å². The van der Waals surface area contributed by atoms with E-state index in [0.29, 0.717) is 0 Å².